The zero-order valence-electron chi connectivity index (χ0n) is 14.3. The van der Waals surface area contributed by atoms with Gasteiger partial charge in [-0.05, 0) is 54.7 Å². The first-order valence-electron chi connectivity index (χ1n) is 8.42. The monoisotopic (exact) mass is 377 g/mol. The highest BCUT2D eigenvalue weighted by atomic mass is 35.5. The number of hydrogen-bond acceptors (Lipinski definition) is 2. The Balaban J connectivity index is 1.86. The molecule has 1 heterocycles. The average Bonchev–Trinajstić information content (AvgIpc) is 2.58. The molecular weight excluding hydrogens is 357 g/mol. The van der Waals surface area contributed by atoms with Crippen LogP contribution in [0.2, 0.25) is 10.0 Å². The number of aliphatic hydroxyl groups excluding tert-OH is 1. The van der Waals surface area contributed by atoms with E-state index in [-0.39, 0.29) is 18.4 Å². The van der Waals surface area contributed by atoms with E-state index in [1.54, 1.807) is 25.1 Å². The Morgan fingerprint density at radius 1 is 1.24 bits per heavy atom. The van der Waals surface area contributed by atoms with E-state index >= 15 is 0 Å². The lowest BCUT2D eigenvalue weighted by Gasteiger charge is -2.36. The molecule has 2 unspecified atom stereocenters. The Kier molecular flexibility index (Phi) is 5.38. The fourth-order valence-corrected chi connectivity index (χ4v) is 4.11. The van der Waals surface area contributed by atoms with Gasteiger partial charge in [-0.2, -0.15) is 0 Å². The summed E-state index contributed by atoms with van der Waals surface area (Å²) in [6, 6.07) is 11.2. The normalized spacial score (nSPS) is 18.0. The second-order valence-corrected chi connectivity index (χ2v) is 7.30. The van der Waals surface area contributed by atoms with Crippen molar-refractivity contribution in [3.63, 3.8) is 0 Å². The SMILES string of the molecule is CC(O)c1cccc2c1CCN(C(=O)Cc1c(Cl)cccc1Cl)C2C. The Morgan fingerprint density at radius 3 is 2.52 bits per heavy atom. The Hall–Kier alpha value is -1.55. The zero-order chi connectivity index (χ0) is 18.1. The summed E-state index contributed by atoms with van der Waals surface area (Å²) in [7, 11) is 0. The zero-order valence-corrected chi connectivity index (χ0v) is 15.8. The maximum Gasteiger partial charge on any atom is 0.227 e. The Bertz CT molecular complexity index is 784. The summed E-state index contributed by atoms with van der Waals surface area (Å²) >= 11 is 12.4. The van der Waals surface area contributed by atoms with Gasteiger partial charge in [0.2, 0.25) is 5.91 Å². The predicted octanol–water partition coefficient (Wildman–Crippen LogP) is 4.74. The van der Waals surface area contributed by atoms with Crippen LogP contribution >= 0.6 is 23.2 Å². The number of hydrogen-bond donors (Lipinski definition) is 1. The summed E-state index contributed by atoms with van der Waals surface area (Å²) in [6.45, 7) is 4.42. The largest absolute Gasteiger partial charge is 0.389 e. The van der Waals surface area contributed by atoms with E-state index in [9.17, 15) is 9.90 Å². The molecule has 2 atom stereocenters. The first-order valence-corrected chi connectivity index (χ1v) is 9.17. The van der Waals surface area contributed by atoms with Crippen molar-refractivity contribution in [1.29, 1.82) is 0 Å². The molecule has 2 aromatic rings. The Morgan fingerprint density at radius 2 is 1.88 bits per heavy atom. The molecule has 0 radical (unpaired) electrons. The molecule has 1 amide bonds. The van der Waals surface area contributed by atoms with E-state index in [1.165, 1.54) is 0 Å². The van der Waals surface area contributed by atoms with E-state index in [0.29, 0.717) is 22.2 Å². The van der Waals surface area contributed by atoms with E-state index in [0.717, 1.165) is 23.1 Å². The van der Waals surface area contributed by atoms with Gasteiger partial charge >= 0.3 is 0 Å². The predicted molar refractivity (Wildman–Crippen MR) is 101 cm³/mol. The first kappa shape index (κ1) is 18.2. The van der Waals surface area contributed by atoms with Crippen molar-refractivity contribution in [3.05, 3.63) is 68.7 Å². The van der Waals surface area contributed by atoms with Crippen LogP contribution in [0.15, 0.2) is 36.4 Å². The molecule has 0 saturated heterocycles. The molecule has 0 saturated carbocycles. The lowest BCUT2D eigenvalue weighted by Crippen LogP contribution is -2.40. The van der Waals surface area contributed by atoms with Gasteiger partial charge in [0, 0.05) is 16.6 Å². The van der Waals surface area contributed by atoms with Crippen molar-refractivity contribution in [3.8, 4) is 0 Å². The fraction of sp³-hybridized carbons (Fsp3) is 0.350. The number of halogens is 2. The molecule has 0 fully saturated rings. The van der Waals surface area contributed by atoms with E-state index < -0.39 is 6.10 Å². The number of nitrogens with zero attached hydrogens (tertiary/aromatic N) is 1. The van der Waals surface area contributed by atoms with Crippen LogP contribution in [-0.2, 0) is 17.6 Å². The van der Waals surface area contributed by atoms with Crippen LogP contribution in [0.25, 0.3) is 0 Å². The lowest BCUT2D eigenvalue weighted by atomic mass is 9.88. The highest BCUT2D eigenvalue weighted by Crippen LogP contribution is 2.34. The smallest absolute Gasteiger partial charge is 0.227 e. The standard InChI is InChI=1S/C20H21Cl2NO2/c1-12-14-5-3-6-15(13(2)24)16(14)9-10-23(12)20(25)11-17-18(21)7-4-8-19(17)22/h3-8,12-13,24H,9-11H2,1-2H3. The Labute approximate surface area is 158 Å². The number of fused-ring (bicyclic) bond motifs is 1. The maximum absolute atomic E-state index is 12.9. The van der Waals surface area contributed by atoms with Crippen LogP contribution in [0.3, 0.4) is 0 Å². The average molecular weight is 378 g/mol. The van der Waals surface area contributed by atoms with Crippen LogP contribution in [0.5, 0.6) is 0 Å². The van der Waals surface area contributed by atoms with Crippen molar-refractivity contribution in [2.45, 2.75) is 38.8 Å². The van der Waals surface area contributed by atoms with Crippen molar-refractivity contribution < 1.29 is 9.90 Å². The fourth-order valence-electron chi connectivity index (χ4n) is 3.58. The number of carbonyl (C=O) groups excluding carboxylic acids is 1. The summed E-state index contributed by atoms with van der Waals surface area (Å²) in [5.74, 6) is 0.00981. The minimum Gasteiger partial charge on any atom is -0.389 e. The lowest BCUT2D eigenvalue weighted by molar-refractivity contribution is -0.133. The van der Waals surface area contributed by atoms with Crippen LogP contribution in [-0.4, -0.2) is 22.5 Å². The number of carbonyl (C=O) groups is 1. The van der Waals surface area contributed by atoms with E-state index in [1.807, 2.05) is 30.0 Å². The van der Waals surface area contributed by atoms with Crippen LogP contribution < -0.4 is 0 Å². The summed E-state index contributed by atoms with van der Waals surface area (Å²) < 4.78 is 0. The van der Waals surface area contributed by atoms with E-state index in [4.69, 9.17) is 23.2 Å². The quantitative estimate of drug-likeness (QED) is 0.839. The molecular formula is C20H21Cl2NO2. The van der Waals surface area contributed by atoms with Gasteiger partial charge in [-0.1, -0.05) is 47.5 Å². The molecule has 1 aliphatic rings. The third-order valence-electron chi connectivity index (χ3n) is 4.93. The van der Waals surface area contributed by atoms with Crippen molar-refractivity contribution in [1.82, 2.24) is 4.90 Å². The molecule has 2 aromatic carbocycles. The molecule has 0 spiro atoms. The molecule has 1 N–H and O–H groups in total. The molecule has 0 aliphatic carbocycles. The second kappa shape index (κ2) is 7.36. The molecule has 132 valence electrons. The molecule has 1 aliphatic heterocycles. The number of rotatable bonds is 3. The maximum atomic E-state index is 12.9. The van der Waals surface area contributed by atoms with Gasteiger partial charge < -0.3 is 10.0 Å². The topological polar surface area (TPSA) is 40.5 Å². The van der Waals surface area contributed by atoms with Crippen LogP contribution in [0, 0.1) is 0 Å². The van der Waals surface area contributed by atoms with Gasteiger partial charge in [0.25, 0.3) is 0 Å². The van der Waals surface area contributed by atoms with E-state index in [2.05, 4.69) is 0 Å². The third-order valence-corrected chi connectivity index (χ3v) is 5.64. The molecule has 0 bridgehead atoms. The number of amides is 1. The summed E-state index contributed by atoms with van der Waals surface area (Å²) in [5, 5.41) is 11.0. The molecule has 0 aromatic heterocycles. The third kappa shape index (κ3) is 3.55. The minimum absolute atomic E-state index is 0.00981. The summed E-state index contributed by atoms with van der Waals surface area (Å²) in [5.41, 5.74) is 3.88. The summed E-state index contributed by atoms with van der Waals surface area (Å²) in [4.78, 5) is 14.7. The van der Waals surface area contributed by atoms with Gasteiger partial charge in [-0.3, -0.25) is 4.79 Å². The van der Waals surface area contributed by atoms with Gasteiger partial charge in [-0.25, -0.2) is 0 Å². The molecule has 3 nitrogen and oxygen atoms in total. The van der Waals surface area contributed by atoms with Crippen LogP contribution in [0.1, 0.15) is 48.2 Å². The summed E-state index contributed by atoms with van der Waals surface area (Å²) in [6.07, 6.45) is 0.420. The second-order valence-electron chi connectivity index (χ2n) is 6.48. The van der Waals surface area contributed by atoms with Gasteiger partial charge in [0.05, 0.1) is 18.6 Å². The molecule has 3 rings (SSSR count). The molecule has 5 heteroatoms. The van der Waals surface area contributed by atoms with Gasteiger partial charge in [-0.15, -0.1) is 0 Å². The minimum atomic E-state index is -0.508. The van der Waals surface area contributed by atoms with Crippen molar-refractivity contribution in [2.24, 2.45) is 0 Å². The number of aliphatic hydroxyl groups is 1. The van der Waals surface area contributed by atoms with Crippen LogP contribution in [0.4, 0.5) is 0 Å². The first-order chi connectivity index (χ1) is 11.9. The highest BCUT2D eigenvalue weighted by Gasteiger charge is 2.29. The van der Waals surface area contributed by atoms with Crippen molar-refractivity contribution >= 4 is 29.1 Å². The van der Waals surface area contributed by atoms with Gasteiger partial charge in [0.15, 0.2) is 0 Å². The van der Waals surface area contributed by atoms with Crippen molar-refractivity contribution in [2.75, 3.05) is 6.54 Å². The highest BCUT2D eigenvalue weighted by molar-refractivity contribution is 6.36. The molecule has 25 heavy (non-hydrogen) atoms. The van der Waals surface area contributed by atoms with Gasteiger partial charge in [0.1, 0.15) is 0 Å². The number of benzene rings is 2.